The maximum absolute atomic E-state index is 11.8. The van der Waals surface area contributed by atoms with Gasteiger partial charge in [0.2, 0.25) is 11.8 Å². The normalized spacial score (nSPS) is 21.3. The average Bonchev–Trinajstić information content (AvgIpc) is 2.34. The minimum atomic E-state index is -0.904. The summed E-state index contributed by atoms with van der Waals surface area (Å²) < 4.78 is 0. The summed E-state index contributed by atoms with van der Waals surface area (Å²) in [5.41, 5.74) is -0.635. The second-order valence-electron chi connectivity index (χ2n) is 4.94. The number of hydrogen-bond acceptors (Lipinski definition) is 3. The molecule has 1 rings (SSSR count). The van der Waals surface area contributed by atoms with E-state index in [4.69, 9.17) is 5.11 Å². The third-order valence-corrected chi connectivity index (χ3v) is 2.93. The molecule has 1 heterocycles. The highest BCUT2D eigenvalue weighted by molar-refractivity contribution is 6.05. The zero-order valence-electron chi connectivity index (χ0n) is 9.82. The lowest BCUT2D eigenvalue weighted by Crippen LogP contribution is -2.35. The van der Waals surface area contributed by atoms with E-state index >= 15 is 0 Å². The van der Waals surface area contributed by atoms with Gasteiger partial charge in [-0.25, -0.2) is 0 Å². The van der Waals surface area contributed by atoms with Crippen LogP contribution < -0.4 is 0 Å². The number of aliphatic carboxylic acids is 1. The third-order valence-electron chi connectivity index (χ3n) is 2.93. The van der Waals surface area contributed by atoms with Crippen molar-refractivity contribution in [2.75, 3.05) is 6.54 Å². The van der Waals surface area contributed by atoms with Gasteiger partial charge in [-0.15, -0.1) is 0 Å². The van der Waals surface area contributed by atoms with E-state index in [0.717, 1.165) is 0 Å². The molecule has 16 heavy (non-hydrogen) atoms. The van der Waals surface area contributed by atoms with Crippen LogP contribution in [0.15, 0.2) is 0 Å². The number of likely N-dealkylation sites (tertiary alicyclic amines) is 1. The van der Waals surface area contributed by atoms with Crippen molar-refractivity contribution in [3.8, 4) is 0 Å². The first-order chi connectivity index (χ1) is 7.25. The molecule has 1 fully saturated rings. The molecule has 90 valence electrons. The Balaban J connectivity index is 2.59. The molecule has 0 aromatic heterocycles. The lowest BCUT2D eigenvalue weighted by molar-refractivity contribution is -0.145. The van der Waals surface area contributed by atoms with E-state index in [1.807, 2.05) is 0 Å². The van der Waals surface area contributed by atoms with Crippen LogP contribution in [0.4, 0.5) is 0 Å². The first-order valence-electron chi connectivity index (χ1n) is 5.33. The fourth-order valence-electron chi connectivity index (χ4n) is 1.70. The molecule has 5 nitrogen and oxygen atoms in total. The predicted octanol–water partition coefficient (Wildman–Crippen LogP) is 0.882. The van der Waals surface area contributed by atoms with Gasteiger partial charge in [0.25, 0.3) is 0 Å². The molecular weight excluding hydrogens is 210 g/mol. The van der Waals surface area contributed by atoms with Crippen LogP contribution in [-0.4, -0.2) is 34.3 Å². The Labute approximate surface area is 94.4 Å². The molecule has 1 N–H and O–H groups in total. The number of carboxylic acid groups (broad SMARTS) is 1. The van der Waals surface area contributed by atoms with Gasteiger partial charge < -0.3 is 5.11 Å². The van der Waals surface area contributed by atoms with Crippen LogP contribution >= 0.6 is 0 Å². The van der Waals surface area contributed by atoms with E-state index in [9.17, 15) is 14.4 Å². The zero-order valence-corrected chi connectivity index (χ0v) is 9.82. The number of amides is 2. The van der Waals surface area contributed by atoms with Crippen molar-refractivity contribution in [3.63, 3.8) is 0 Å². The van der Waals surface area contributed by atoms with Crippen molar-refractivity contribution in [3.05, 3.63) is 0 Å². The maximum Gasteiger partial charge on any atom is 0.306 e. The molecule has 5 heteroatoms. The van der Waals surface area contributed by atoms with Crippen LogP contribution in [0, 0.1) is 11.3 Å². The van der Waals surface area contributed by atoms with Crippen LogP contribution in [0.5, 0.6) is 0 Å². The van der Waals surface area contributed by atoms with Gasteiger partial charge in [-0.3, -0.25) is 19.3 Å². The monoisotopic (exact) mass is 227 g/mol. The van der Waals surface area contributed by atoms with Crippen LogP contribution in [0.25, 0.3) is 0 Å². The van der Waals surface area contributed by atoms with Crippen molar-refractivity contribution in [1.82, 2.24) is 4.90 Å². The van der Waals surface area contributed by atoms with Crippen molar-refractivity contribution in [2.24, 2.45) is 11.3 Å². The number of hydrogen-bond donors (Lipinski definition) is 1. The Morgan fingerprint density at radius 1 is 1.50 bits per heavy atom. The Morgan fingerprint density at radius 2 is 2.06 bits per heavy atom. The van der Waals surface area contributed by atoms with Crippen molar-refractivity contribution < 1.29 is 19.5 Å². The van der Waals surface area contributed by atoms with Crippen molar-refractivity contribution >= 4 is 17.8 Å². The number of rotatable bonds is 4. The number of imide groups is 1. The standard InChI is InChI=1S/C11H17NO4/c1-7(9(14)15)4-5-12-8(13)6-11(2,3)10(12)16/h7H,4-6H2,1-3H3,(H,14,15). The highest BCUT2D eigenvalue weighted by Gasteiger charge is 2.44. The minimum Gasteiger partial charge on any atom is -0.481 e. The molecule has 0 spiro atoms. The van der Waals surface area contributed by atoms with Crippen molar-refractivity contribution in [2.45, 2.75) is 33.6 Å². The molecule has 2 amide bonds. The Kier molecular flexibility index (Phi) is 3.35. The molecule has 0 aromatic rings. The van der Waals surface area contributed by atoms with Crippen LogP contribution in [0.2, 0.25) is 0 Å². The Morgan fingerprint density at radius 3 is 2.44 bits per heavy atom. The van der Waals surface area contributed by atoms with E-state index in [1.165, 1.54) is 4.90 Å². The summed E-state index contributed by atoms with van der Waals surface area (Å²) in [6.45, 7) is 5.23. The van der Waals surface area contributed by atoms with Gasteiger partial charge in [0.15, 0.2) is 0 Å². The molecule has 0 radical (unpaired) electrons. The second kappa shape index (κ2) is 4.23. The SMILES string of the molecule is CC(CCN1C(=O)CC(C)(C)C1=O)C(=O)O. The summed E-state index contributed by atoms with van der Waals surface area (Å²) in [5, 5.41) is 8.70. The molecule has 1 unspecified atom stereocenters. The molecule has 1 aliphatic heterocycles. The Hall–Kier alpha value is -1.39. The molecule has 1 atom stereocenters. The summed E-state index contributed by atoms with van der Waals surface area (Å²) in [4.78, 5) is 35.1. The summed E-state index contributed by atoms with van der Waals surface area (Å²) in [7, 11) is 0. The number of carbonyl (C=O) groups is 3. The summed E-state index contributed by atoms with van der Waals surface area (Å²) in [5.74, 6) is -1.84. The molecule has 1 saturated heterocycles. The van der Waals surface area contributed by atoms with Crippen LogP contribution in [-0.2, 0) is 14.4 Å². The van der Waals surface area contributed by atoms with Gasteiger partial charge in [0.05, 0.1) is 11.3 Å². The second-order valence-corrected chi connectivity index (χ2v) is 4.94. The molecule has 0 aromatic carbocycles. The van der Waals surface area contributed by atoms with Gasteiger partial charge in [0, 0.05) is 13.0 Å². The van der Waals surface area contributed by atoms with E-state index in [-0.39, 0.29) is 24.8 Å². The largest absolute Gasteiger partial charge is 0.481 e. The molecule has 0 bridgehead atoms. The minimum absolute atomic E-state index is 0.199. The highest BCUT2D eigenvalue weighted by atomic mass is 16.4. The first-order valence-corrected chi connectivity index (χ1v) is 5.33. The molecule has 0 aliphatic carbocycles. The lowest BCUT2D eigenvalue weighted by atomic mass is 9.92. The van der Waals surface area contributed by atoms with E-state index in [0.29, 0.717) is 6.42 Å². The van der Waals surface area contributed by atoms with Crippen LogP contribution in [0.3, 0.4) is 0 Å². The maximum atomic E-state index is 11.8. The molecule has 0 saturated carbocycles. The average molecular weight is 227 g/mol. The van der Waals surface area contributed by atoms with Gasteiger partial charge >= 0.3 is 5.97 Å². The molecule has 1 aliphatic rings. The third kappa shape index (κ3) is 2.40. The fraction of sp³-hybridized carbons (Fsp3) is 0.727. The van der Waals surface area contributed by atoms with Crippen LogP contribution in [0.1, 0.15) is 33.6 Å². The molecular formula is C11H17NO4. The topological polar surface area (TPSA) is 74.7 Å². The predicted molar refractivity (Wildman–Crippen MR) is 56.5 cm³/mol. The van der Waals surface area contributed by atoms with Gasteiger partial charge in [-0.05, 0) is 6.42 Å². The van der Waals surface area contributed by atoms with Crippen molar-refractivity contribution in [1.29, 1.82) is 0 Å². The number of carboxylic acids is 1. The quantitative estimate of drug-likeness (QED) is 0.723. The van der Waals surface area contributed by atoms with Gasteiger partial charge in [-0.1, -0.05) is 20.8 Å². The summed E-state index contributed by atoms with van der Waals surface area (Å²) in [6, 6.07) is 0. The number of carbonyl (C=O) groups excluding carboxylic acids is 2. The lowest BCUT2D eigenvalue weighted by Gasteiger charge is -2.18. The number of nitrogens with zero attached hydrogens (tertiary/aromatic N) is 1. The summed E-state index contributed by atoms with van der Waals surface area (Å²) >= 11 is 0. The van der Waals surface area contributed by atoms with E-state index < -0.39 is 17.3 Å². The fourth-order valence-corrected chi connectivity index (χ4v) is 1.70. The zero-order chi connectivity index (χ0) is 12.5. The highest BCUT2D eigenvalue weighted by Crippen LogP contribution is 2.31. The van der Waals surface area contributed by atoms with E-state index in [1.54, 1.807) is 20.8 Å². The smallest absolute Gasteiger partial charge is 0.306 e. The summed E-state index contributed by atoms with van der Waals surface area (Å²) in [6.07, 6.45) is 0.524. The van der Waals surface area contributed by atoms with E-state index in [2.05, 4.69) is 0 Å². The van der Waals surface area contributed by atoms with Gasteiger partial charge in [0.1, 0.15) is 0 Å². The Bertz CT molecular complexity index is 335. The first kappa shape index (κ1) is 12.7. The van der Waals surface area contributed by atoms with Gasteiger partial charge in [-0.2, -0.15) is 0 Å².